The molecule has 1 atom stereocenters. The fourth-order valence-electron chi connectivity index (χ4n) is 2.71. The second-order valence-electron chi connectivity index (χ2n) is 5.22. The zero-order valence-corrected chi connectivity index (χ0v) is 11.2. The summed E-state index contributed by atoms with van der Waals surface area (Å²) in [5.41, 5.74) is 1.17. The van der Waals surface area contributed by atoms with Gasteiger partial charge in [-0.25, -0.2) is 4.39 Å². The highest BCUT2D eigenvalue weighted by Crippen LogP contribution is 2.27. The van der Waals surface area contributed by atoms with Gasteiger partial charge in [0.15, 0.2) is 0 Å². The Morgan fingerprint density at radius 1 is 1.26 bits per heavy atom. The van der Waals surface area contributed by atoms with Crippen molar-refractivity contribution in [3.05, 3.63) is 35.1 Å². The summed E-state index contributed by atoms with van der Waals surface area (Å²) >= 11 is 0. The predicted molar refractivity (Wildman–Crippen MR) is 71.6 cm³/mol. The van der Waals surface area contributed by atoms with Crippen LogP contribution in [0.15, 0.2) is 18.2 Å². The molecule has 3 nitrogen and oxygen atoms in total. The molecule has 1 aromatic carbocycles. The molecule has 1 fully saturated rings. The maximum Gasteiger partial charge on any atom is 0.325 e. The van der Waals surface area contributed by atoms with Crippen molar-refractivity contribution >= 4 is 5.97 Å². The molecular weight excluding hydrogens is 245 g/mol. The molecule has 1 aliphatic rings. The highest BCUT2D eigenvalue weighted by Gasteiger charge is 2.30. The number of carboxylic acids is 1. The van der Waals surface area contributed by atoms with Crippen LogP contribution in [0.2, 0.25) is 0 Å². The van der Waals surface area contributed by atoms with Gasteiger partial charge >= 0.3 is 5.97 Å². The van der Waals surface area contributed by atoms with Gasteiger partial charge in [-0.15, -0.1) is 0 Å². The van der Waals surface area contributed by atoms with E-state index in [1.54, 1.807) is 12.1 Å². The Labute approximate surface area is 113 Å². The summed E-state index contributed by atoms with van der Waals surface area (Å²) in [6.45, 7) is 3.30. The highest BCUT2D eigenvalue weighted by molar-refractivity contribution is 5.75. The number of nitrogens with zero attached hydrogens (tertiary/aromatic N) is 1. The van der Waals surface area contributed by atoms with Gasteiger partial charge in [0, 0.05) is 5.56 Å². The van der Waals surface area contributed by atoms with E-state index in [2.05, 4.69) is 0 Å². The fourth-order valence-corrected chi connectivity index (χ4v) is 2.71. The molecule has 0 amide bonds. The molecule has 4 heteroatoms. The lowest BCUT2D eigenvalue weighted by atomic mass is 10.0. The van der Waals surface area contributed by atoms with E-state index in [9.17, 15) is 14.3 Å². The minimum atomic E-state index is -0.966. The van der Waals surface area contributed by atoms with E-state index in [1.807, 2.05) is 11.8 Å². The molecule has 2 rings (SSSR count). The minimum absolute atomic E-state index is 0.286. The van der Waals surface area contributed by atoms with Gasteiger partial charge in [-0.05, 0) is 38.9 Å². The molecule has 1 aromatic rings. The summed E-state index contributed by atoms with van der Waals surface area (Å²) in [4.78, 5) is 13.5. The van der Waals surface area contributed by atoms with Gasteiger partial charge in [0.1, 0.15) is 11.9 Å². The molecule has 104 valence electrons. The van der Waals surface area contributed by atoms with Gasteiger partial charge in [-0.1, -0.05) is 30.5 Å². The van der Waals surface area contributed by atoms with Crippen LogP contribution in [0.1, 0.15) is 42.9 Å². The van der Waals surface area contributed by atoms with Crippen molar-refractivity contribution in [2.24, 2.45) is 0 Å². The maximum atomic E-state index is 13.9. The van der Waals surface area contributed by atoms with Crippen LogP contribution < -0.4 is 0 Å². The first-order valence-electron chi connectivity index (χ1n) is 6.82. The van der Waals surface area contributed by atoms with E-state index in [0.29, 0.717) is 0 Å². The van der Waals surface area contributed by atoms with Gasteiger partial charge in [0.25, 0.3) is 0 Å². The zero-order valence-electron chi connectivity index (χ0n) is 11.2. The molecule has 0 spiro atoms. The topological polar surface area (TPSA) is 40.5 Å². The molecule has 0 bridgehead atoms. The first-order chi connectivity index (χ1) is 9.09. The summed E-state index contributed by atoms with van der Waals surface area (Å²) in [6, 6.07) is 3.82. The molecule has 1 unspecified atom stereocenters. The van der Waals surface area contributed by atoms with E-state index in [1.165, 1.54) is 6.07 Å². The molecule has 1 saturated heterocycles. The van der Waals surface area contributed by atoms with Gasteiger partial charge < -0.3 is 5.11 Å². The lowest BCUT2D eigenvalue weighted by molar-refractivity contribution is -0.143. The third-order valence-corrected chi connectivity index (χ3v) is 3.69. The van der Waals surface area contributed by atoms with E-state index in [4.69, 9.17) is 0 Å². The van der Waals surface area contributed by atoms with Crippen molar-refractivity contribution < 1.29 is 14.3 Å². The summed E-state index contributed by atoms with van der Waals surface area (Å²) in [5, 5.41) is 9.48. The van der Waals surface area contributed by atoms with Crippen LogP contribution >= 0.6 is 0 Å². The van der Waals surface area contributed by atoms with Gasteiger partial charge in [-0.2, -0.15) is 0 Å². The zero-order chi connectivity index (χ0) is 13.8. The Morgan fingerprint density at radius 2 is 1.89 bits per heavy atom. The van der Waals surface area contributed by atoms with Crippen LogP contribution in [0.5, 0.6) is 0 Å². The molecule has 1 aliphatic heterocycles. The average molecular weight is 265 g/mol. The number of halogens is 1. The third-order valence-electron chi connectivity index (χ3n) is 3.69. The monoisotopic (exact) mass is 265 g/mol. The second-order valence-corrected chi connectivity index (χ2v) is 5.22. The number of hydrogen-bond donors (Lipinski definition) is 1. The first kappa shape index (κ1) is 14.0. The number of aryl methyl sites for hydroxylation is 1. The van der Waals surface area contributed by atoms with Gasteiger partial charge in [-0.3, -0.25) is 9.69 Å². The number of carbonyl (C=O) groups is 1. The standard InChI is InChI=1S/C15H20FNO2/c1-11-6-7-13(16)12(10-11)14(15(18)19)17-8-4-2-3-5-9-17/h6-7,10,14H,2-5,8-9H2,1H3,(H,18,19). The van der Waals surface area contributed by atoms with Gasteiger partial charge in [0.05, 0.1) is 0 Å². The fraction of sp³-hybridized carbons (Fsp3) is 0.533. The number of aliphatic carboxylic acids is 1. The summed E-state index contributed by atoms with van der Waals surface area (Å²) < 4.78 is 13.9. The molecule has 0 saturated carbocycles. The van der Waals surface area contributed by atoms with E-state index in [0.717, 1.165) is 44.3 Å². The number of benzene rings is 1. The number of likely N-dealkylation sites (tertiary alicyclic amines) is 1. The van der Waals surface area contributed by atoms with Crippen molar-refractivity contribution in [2.45, 2.75) is 38.6 Å². The van der Waals surface area contributed by atoms with Crippen LogP contribution in [0, 0.1) is 12.7 Å². The maximum absolute atomic E-state index is 13.9. The Bertz CT molecular complexity index is 453. The second kappa shape index (κ2) is 6.15. The summed E-state index contributed by atoms with van der Waals surface area (Å²) in [7, 11) is 0. The molecule has 0 radical (unpaired) electrons. The minimum Gasteiger partial charge on any atom is -0.480 e. The highest BCUT2D eigenvalue weighted by atomic mass is 19.1. The van der Waals surface area contributed by atoms with Gasteiger partial charge in [0.2, 0.25) is 0 Å². The summed E-state index contributed by atoms with van der Waals surface area (Å²) in [5.74, 6) is -1.39. The Balaban J connectivity index is 2.33. The van der Waals surface area contributed by atoms with Crippen molar-refractivity contribution in [1.29, 1.82) is 0 Å². The number of rotatable bonds is 3. The lowest BCUT2D eigenvalue weighted by Gasteiger charge is -2.28. The van der Waals surface area contributed by atoms with E-state index in [-0.39, 0.29) is 5.56 Å². The molecule has 1 N–H and O–H groups in total. The van der Waals surface area contributed by atoms with Crippen molar-refractivity contribution in [2.75, 3.05) is 13.1 Å². The average Bonchev–Trinajstić information content (AvgIpc) is 2.62. The summed E-state index contributed by atoms with van der Waals surface area (Å²) in [6.07, 6.45) is 4.21. The van der Waals surface area contributed by atoms with Crippen molar-refractivity contribution in [3.8, 4) is 0 Å². The van der Waals surface area contributed by atoms with Crippen LogP contribution in [0.25, 0.3) is 0 Å². The number of carboxylic acid groups (broad SMARTS) is 1. The Kier molecular flexibility index (Phi) is 4.53. The number of hydrogen-bond acceptors (Lipinski definition) is 2. The predicted octanol–water partition coefficient (Wildman–Crippen LogP) is 3.14. The Hall–Kier alpha value is -1.42. The quantitative estimate of drug-likeness (QED) is 0.912. The van der Waals surface area contributed by atoms with Crippen LogP contribution in [0.4, 0.5) is 4.39 Å². The SMILES string of the molecule is Cc1ccc(F)c(C(C(=O)O)N2CCCCCC2)c1. The molecule has 0 aliphatic carbocycles. The molecular formula is C15H20FNO2. The lowest BCUT2D eigenvalue weighted by Crippen LogP contribution is -2.35. The van der Waals surface area contributed by atoms with Crippen LogP contribution in [-0.2, 0) is 4.79 Å². The van der Waals surface area contributed by atoms with Crippen molar-refractivity contribution in [3.63, 3.8) is 0 Å². The smallest absolute Gasteiger partial charge is 0.325 e. The van der Waals surface area contributed by atoms with Crippen LogP contribution in [0.3, 0.4) is 0 Å². The molecule has 19 heavy (non-hydrogen) atoms. The third kappa shape index (κ3) is 3.32. The van der Waals surface area contributed by atoms with E-state index >= 15 is 0 Å². The van der Waals surface area contributed by atoms with Crippen molar-refractivity contribution in [1.82, 2.24) is 4.90 Å². The molecule has 0 aromatic heterocycles. The van der Waals surface area contributed by atoms with E-state index < -0.39 is 17.8 Å². The molecule has 1 heterocycles. The normalized spacial score (nSPS) is 18.8. The first-order valence-corrected chi connectivity index (χ1v) is 6.82. The Morgan fingerprint density at radius 3 is 2.47 bits per heavy atom. The largest absolute Gasteiger partial charge is 0.480 e. The van der Waals surface area contributed by atoms with Crippen LogP contribution in [-0.4, -0.2) is 29.1 Å².